The molecule has 1 rings (SSSR count). The van der Waals surface area contributed by atoms with Gasteiger partial charge in [0.2, 0.25) is 5.91 Å². The minimum atomic E-state index is -0.939. The Hall–Kier alpha value is -0.750. The van der Waals surface area contributed by atoms with E-state index in [1.807, 2.05) is 13.2 Å². The number of thioether (sulfide) groups is 1. The van der Waals surface area contributed by atoms with Gasteiger partial charge in [-0.15, -0.1) is 0 Å². The van der Waals surface area contributed by atoms with E-state index in [0.29, 0.717) is 19.4 Å². The van der Waals surface area contributed by atoms with Gasteiger partial charge in [-0.1, -0.05) is 6.92 Å². The van der Waals surface area contributed by atoms with E-state index in [-0.39, 0.29) is 24.3 Å². The molecule has 0 spiro atoms. The highest BCUT2D eigenvalue weighted by molar-refractivity contribution is 7.99. The van der Waals surface area contributed by atoms with Gasteiger partial charge in [0.1, 0.15) is 5.41 Å². The maximum atomic E-state index is 12.2. The molecule has 1 amide bonds. The van der Waals surface area contributed by atoms with E-state index in [2.05, 4.69) is 0 Å². The van der Waals surface area contributed by atoms with Crippen LogP contribution in [0.1, 0.15) is 26.2 Å². The number of amides is 1. The maximum absolute atomic E-state index is 12.2. The summed E-state index contributed by atoms with van der Waals surface area (Å²) < 4.78 is 5.05. The molecule has 19 heavy (non-hydrogen) atoms. The van der Waals surface area contributed by atoms with Crippen molar-refractivity contribution in [1.82, 2.24) is 4.90 Å². The van der Waals surface area contributed by atoms with Gasteiger partial charge < -0.3 is 14.7 Å². The van der Waals surface area contributed by atoms with Crippen LogP contribution in [0, 0.1) is 5.41 Å². The highest BCUT2D eigenvalue weighted by atomic mass is 32.2. The molecular formula is C13H23NO4S. The molecule has 6 heteroatoms. The van der Waals surface area contributed by atoms with Crippen LogP contribution in [-0.2, 0) is 14.3 Å². The molecule has 1 N–H and O–H groups in total. The van der Waals surface area contributed by atoms with E-state index in [1.165, 1.54) is 7.11 Å². The summed E-state index contributed by atoms with van der Waals surface area (Å²) in [5, 5.41) is 9.69. The first-order valence-corrected chi connectivity index (χ1v) is 7.77. The van der Waals surface area contributed by atoms with Crippen LogP contribution < -0.4 is 0 Å². The Kier molecular flexibility index (Phi) is 6.13. The largest absolute Gasteiger partial charge is 0.481 e. The first-order valence-electron chi connectivity index (χ1n) is 6.48. The van der Waals surface area contributed by atoms with Gasteiger partial charge in [-0.25, -0.2) is 0 Å². The number of rotatable bonds is 6. The molecule has 0 aliphatic carbocycles. The highest BCUT2D eigenvalue weighted by Gasteiger charge is 2.43. The number of carbonyl (C=O) groups is 2. The number of likely N-dealkylation sites (tertiary alicyclic amines) is 1. The van der Waals surface area contributed by atoms with Crippen molar-refractivity contribution in [3.8, 4) is 0 Å². The van der Waals surface area contributed by atoms with Gasteiger partial charge in [0.05, 0.1) is 6.61 Å². The molecule has 1 heterocycles. The Bertz CT molecular complexity index is 333. The number of carboxylic acid groups (broad SMARTS) is 1. The second kappa shape index (κ2) is 7.14. The molecule has 0 saturated carbocycles. The third-order valence-corrected chi connectivity index (χ3v) is 4.64. The summed E-state index contributed by atoms with van der Waals surface area (Å²) in [6.45, 7) is 3.07. The molecule has 0 aromatic heterocycles. The van der Waals surface area contributed by atoms with E-state index in [0.717, 1.165) is 6.42 Å². The summed E-state index contributed by atoms with van der Waals surface area (Å²) in [5.74, 6) is -0.826. The van der Waals surface area contributed by atoms with Gasteiger partial charge in [-0.3, -0.25) is 9.59 Å². The normalized spacial score (nSPS) is 25.1. The highest BCUT2D eigenvalue weighted by Crippen LogP contribution is 2.31. The monoisotopic (exact) mass is 289 g/mol. The second-order valence-corrected chi connectivity index (χ2v) is 6.46. The Morgan fingerprint density at radius 2 is 2.21 bits per heavy atom. The molecule has 5 nitrogen and oxygen atoms in total. The van der Waals surface area contributed by atoms with Gasteiger partial charge in [0, 0.05) is 31.9 Å². The van der Waals surface area contributed by atoms with Crippen molar-refractivity contribution >= 4 is 23.6 Å². The molecule has 1 aliphatic rings. The minimum Gasteiger partial charge on any atom is -0.481 e. The first-order chi connectivity index (χ1) is 8.95. The van der Waals surface area contributed by atoms with E-state index in [4.69, 9.17) is 4.74 Å². The van der Waals surface area contributed by atoms with E-state index >= 15 is 0 Å². The summed E-state index contributed by atoms with van der Waals surface area (Å²) in [4.78, 5) is 25.3. The third kappa shape index (κ3) is 4.11. The lowest BCUT2D eigenvalue weighted by Crippen LogP contribution is -2.52. The molecule has 110 valence electrons. The predicted octanol–water partition coefficient (Wildman–Crippen LogP) is 1.47. The van der Waals surface area contributed by atoms with Gasteiger partial charge in [-0.2, -0.15) is 11.8 Å². The Morgan fingerprint density at radius 1 is 1.53 bits per heavy atom. The minimum absolute atomic E-state index is 0.0447. The zero-order chi connectivity index (χ0) is 14.5. The van der Waals surface area contributed by atoms with Gasteiger partial charge >= 0.3 is 5.97 Å². The molecule has 0 bridgehead atoms. The van der Waals surface area contributed by atoms with Crippen molar-refractivity contribution in [2.24, 2.45) is 5.41 Å². The SMILES string of the molecule is COCC1(C(=O)O)CCCN(C(=O)CC(C)SC)C1. The molecule has 1 aliphatic heterocycles. The fraction of sp³-hybridized carbons (Fsp3) is 0.846. The van der Waals surface area contributed by atoms with Crippen molar-refractivity contribution in [2.75, 3.05) is 33.1 Å². The van der Waals surface area contributed by atoms with Crippen LogP contribution in [0.4, 0.5) is 0 Å². The zero-order valence-corrected chi connectivity index (χ0v) is 12.7. The number of carboxylic acids is 1. The van der Waals surface area contributed by atoms with Crippen LogP contribution in [-0.4, -0.2) is 60.2 Å². The number of methoxy groups -OCH3 is 1. The summed E-state index contributed by atoms with van der Waals surface area (Å²) in [6, 6.07) is 0. The number of nitrogens with zero attached hydrogens (tertiary/aromatic N) is 1. The van der Waals surface area contributed by atoms with E-state index < -0.39 is 11.4 Å². The third-order valence-electron chi connectivity index (χ3n) is 3.67. The van der Waals surface area contributed by atoms with Crippen molar-refractivity contribution in [3.05, 3.63) is 0 Å². The molecule has 1 saturated heterocycles. The summed E-state index contributed by atoms with van der Waals surface area (Å²) in [6.07, 6.45) is 3.72. The molecule has 2 unspecified atom stereocenters. The molecule has 0 radical (unpaired) electrons. The van der Waals surface area contributed by atoms with Crippen LogP contribution in [0.3, 0.4) is 0 Å². The average molecular weight is 289 g/mol. The van der Waals surface area contributed by atoms with Crippen LogP contribution in [0.15, 0.2) is 0 Å². The van der Waals surface area contributed by atoms with Gasteiger partial charge in [0.25, 0.3) is 0 Å². The number of hydrogen-bond acceptors (Lipinski definition) is 4. The van der Waals surface area contributed by atoms with Crippen LogP contribution in [0.5, 0.6) is 0 Å². The predicted molar refractivity (Wildman–Crippen MR) is 75.4 cm³/mol. The average Bonchev–Trinajstić information content (AvgIpc) is 2.39. The van der Waals surface area contributed by atoms with E-state index in [1.54, 1.807) is 16.7 Å². The summed E-state index contributed by atoms with van der Waals surface area (Å²) in [5.41, 5.74) is -0.939. The number of aliphatic carboxylic acids is 1. The van der Waals surface area contributed by atoms with Crippen LogP contribution in [0.25, 0.3) is 0 Å². The van der Waals surface area contributed by atoms with Crippen LogP contribution >= 0.6 is 11.8 Å². The second-order valence-electron chi connectivity index (χ2n) is 5.19. The van der Waals surface area contributed by atoms with Crippen molar-refractivity contribution in [2.45, 2.75) is 31.4 Å². The molecular weight excluding hydrogens is 266 g/mol. The Labute approximate surface area is 118 Å². The molecule has 0 aromatic rings. The molecule has 0 aromatic carbocycles. The van der Waals surface area contributed by atoms with Crippen LogP contribution in [0.2, 0.25) is 0 Å². The topological polar surface area (TPSA) is 66.8 Å². The first kappa shape index (κ1) is 16.3. The maximum Gasteiger partial charge on any atom is 0.313 e. The number of piperidine rings is 1. The molecule has 2 atom stereocenters. The van der Waals surface area contributed by atoms with Crippen molar-refractivity contribution in [1.29, 1.82) is 0 Å². The number of ether oxygens (including phenoxy) is 1. The smallest absolute Gasteiger partial charge is 0.313 e. The fourth-order valence-corrected chi connectivity index (χ4v) is 2.74. The lowest BCUT2D eigenvalue weighted by molar-refractivity contribution is -0.159. The fourth-order valence-electron chi connectivity index (χ4n) is 2.43. The Balaban J connectivity index is 2.71. The lowest BCUT2D eigenvalue weighted by atomic mass is 9.80. The van der Waals surface area contributed by atoms with Crippen molar-refractivity contribution in [3.63, 3.8) is 0 Å². The Morgan fingerprint density at radius 3 is 2.74 bits per heavy atom. The number of hydrogen-bond donors (Lipinski definition) is 1. The zero-order valence-electron chi connectivity index (χ0n) is 11.8. The lowest BCUT2D eigenvalue weighted by Gasteiger charge is -2.39. The van der Waals surface area contributed by atoms with Gasteiger partial charge in [-0.05, 0) is 19.1 Å². The van der Waals surface area contributed by atoms with Crippen molar-refractivity contribution < 1.29 is 19.4 Å². The summed E-state index contributed by atoms with van der Waals surface area (Å²) >= 11 is 1.65. The van der Waals surface area contributed by atoms with E-state index in [9.17, 15) is 14.7 Å². The quantitative estimate of drug-likeness (QED) is 0.802. The molecule has 1 fully saturated rings. The van der Waals surface area contributed by atoms with Gasteiger partial charge in [0.15, 0.2) is 0 Å². The number of carbonyl (C=O) groups excluding carboxylic acids is 1. The summed E-state index contributed by atoms with van der Waals surface area (Å²) in [7, 11) is 1.50. The standard InChI is InChI=1S/C13H23NO4S/c1-10(19-3)7-11(15)14-6-4-5-13(8-14,9-18-2)12(16)17/h10H,4-9H2,1-3H3,(H,16,17).